The van der Waals surface area contributed by atoms with Crippen LogP contribution in [0.4, 0.5) is 0 Å². The molecule has 0 spiro atoms. The summed E-state index contributed by atoms with van der Waals surface area (Å²) >= 11 is 3.38. The van der Waals surface area contributed by atoms with Gasteiger partial charge in [0, 0.05) is 10.9 Å². The molecular formula is C9H11BrNO. The molecule has 0 aromatic heterocycles. The highest BCUT2D eigenvalue weighted by Crippen LogP contribution is 2.30. The summed E-state index contributed by atoms with van der Waals surface area (Å²) in [5, 5.41) is 0. The third-order valence-corrected chi connectivity index (χ3v) is 2.89. The van der Waals surface area contributed by atoms with E-state index in [1.165, 1.54) is 0 Å². The molecule has 12 heavy (non-hydrogen) atoms. The molecule has 1 amide bonds. The second-order valence-corrected chi connectivity index (χ2v) is 3.77. The number of hydrogen-bond donors (Lipinski definition) is 1. The minimum absolute atomic E-state index is 0.261. The number of primary amides is 1. The van der Waals surface area contributed by atoms with Crippen LogP contribution in [-0.4, -0.2) is 5.91 Å². The van der Waals surface area contributed by atoms with Gasteiger partial charge in [0.05, 0.1) is 5.92 Å². The number of hydrogen-bond acceptors (Lipinski definition) is 1. The quantitative estimate of drug-likeness (QED) is 0.733. The molecule has 1 aliphatic carbocycles. The van der Waals surface area contributed by atoms with Gasteiger partial charge in [-0.2, -0.15) is 0 Å². The predicted octanol–water partition coefficient (Wildman–Crippen LogP) is 1.92. The Balaban J connectivity index is 2.91. The van der Waals surface area contributed by atoms with Crippen LogP contribution in [-0.2, 0) is 4.79 Å². The summed E-state index contributed by atoms with van der Waals surface area (Å²) in [6.45, 7) is 3.98. The zero-order valence-electron chi connectivity index (χ0n) is 7.10. The second-order valence-electron chi connectivity index (χ2n) is 2.92. The van der Waals surface area contributed by atoms with Crippen LogP contribution >= 0.6 is 15.9 Å². The molecule has 0 aliphatic heterocycles. The van der Waals surface area contributed by atoms with Gasteiger partial charge in [0.25, 0.3) is 0 Å². The molecule has 0 heterocycles. The molecule has 1 atom stereocenters. The first-order valence-corrected chi connectivity index (χ1v) is 4.51. The first-order valence-electron chi connectivity index (χ1n) is 3.71. The number of nitrogens with two attached hydrogens (primary N) is 1. The molecule has 2 N–H and O–H groups in total. The van der Waals surface area contributed by atoms with Gasteiger partial charge in [-0.05, 0) is 19.4 Å². The summed E-state index contributed by atoms with van der Waals surface area (Å²) in [6.07, 6.45) is 3.70. The maximum Gasteiger partial charge on any atom is 0.225 e. The zero-order valence-corrected chi connectivity index (χ0v) is 8.68. The van der Waals surface area contributed by atoms with Gasteiger partial charge in [0.15, 0.2) is 0 Å². The van der Waals surface area contributed by atoms with E-state index in [0.29, 0.717) is 0 Å². The first-order chi connectivity index (χ1) is 5.52. The maximum absolute atomic E-state index is 10.9. The fraction of sp³-hybridized carbons (Fsp3) is 0.333. The van der Waals surface area contributed by atoms with Gasteiger partial charge in [-0.25, -0.2) is 0 Å². The average Bonchev–Trinajstić information content (AvgIpc) is 1.99. The number of rotatable bonds is 1. The van der Waals surface area contributed by atoms with E-state index in [0.717, 1.165) is 15.6 Å². The monoisotopic (exact) mass is 228 g/mol. The van der Waals surface area contributed by atoms with Gasteiger partial charge >= 0.3 is 0 Å². The Labute approximate surface area is 80.6 Å². The maximum atomic E-state index is 10.9. The number of carbonyl (C=O) groups excluding carboxylic acids is 1. The average molecular weight is 229 g/mol. The minimum atomic E-state index is -0.307. The van der Waals surface area contributed by atoms with Crippen LogP contribution in [0.5, 0.6) is 0 Å². The van der Waals surface area contributed by atoms with Crippen LogP contribution in [0, 0.1) is 12.3 Å². The van der Waals surface area contributed by atoms with Gasteiger partial charge in [0.1, 0.15) is 0 Å². The van der Waals surface area contributed by atoms with Gasteiger partial charge in [-0.15, -0.1) is 0 Å². The van der Waals surface area contributed by atoms with E-state index in [2.05, 4.69) is 15.9 Å². The van der Waals surface area contributed by atoms with E-state index in [1.807, 2.05) is 26.3 Å². The fourth-order valence-corrected chi connectivity index (χ4v) is 1.68. The smallest absolute Gasteiger partial charge is 0.225 e. The standard InChI is InChI=1S/C9H11BrNO/c1-5-3-7(9(11)12)4-8(10)6(5)2/h3-4,7H,1-2H3,(H2,11,12). The second kappa shape index (κ2) is 3.44. The minimum Gasteiger partial charge on any atom is -0.369 e. The van der Waals surface area contributed by atoms with Crippen molar-refractivity contribution in [1.82, 2.24) is 0 Å². The molecule has 0 fully saturated rings. The molecule has 0 aromatic rings. The van der Waals surface area contributed by atoms with E-state index in [9.17, 15) is 4.79 Å². The lowest BCUT2D eigenvalue weighted by atomic mass is 9.91. The molecule has 0 bridgehead atoms. The normalized spacial score (nSPS) is 23.9. The summed E-state index contributed by atoms with van der Waals surface area (Å²) in [5.74, 6) is -0.568. The summed E-state index contributed by atoms with van der Waals surface area (Å²) in [7, 11) is 0. The van der Waals surface area contributed by atoms with E-state index in [1.54, 1.807) is 0 Å². The van der Waals surface area contributed by atoms with Gasteiger partial charge in [0.2, 0.25) is 5.91 Å². The molecule has 0 saturated carbocycles. The van der Waals surface area contributed by atoms with Gasteiger partial charge in [-0.1, -0.05) is 27.6 Å². The van der Waals surface area contributed by atoms with E-state index >= 15 is 0 Å². The van der Waals surface area contributed by atoms with Crippen LogP contribution in [0.3, 0.4) is 0 Å². The van der Waals surface area contributed by atoms with Crippen molar-refractivity contribution >= 4 is 21.8 Å². The van der Waals surface area contributed by atoms with Crippen molar-refractivity contribution in [2.75, 3.05) is 0 Å². The highest BCUT2D eigenvalue weighted by molar-refractivity contribution is 9.12. The third-order valence-electron chi connectivity index (χ3n) is 2.03. The Morgan fingerprint density at radius 3 is 2.58 bits per heavy atom. The van der Waals surface area contributed by atoms with E-state index in [-0.39, 0.29) is 11.8 Å². The summed E-state index contributed by atoms with van der Waals surface area (Å²) in [6, 6.07) is 0. The van der Waals surface area contributed by atoms with Crippen LogP contribution < -0.4 is 5.73 Å². The largest absolute Gasteiger partial charge is 0.369 e. The molecule has 1 rings (SSSR count). The molecule has 1 aliphatic rings. The lowest BCUT2D eigenvalue weighted by Crippen LogP contribution is -2.24. The number of amides is 1. The van der Waals surface area contributed by atoms with Gasteiger partial charge in [-0.3, -0.25) is 4.79 Å². The van der Waals surface area contributed by atoms with E-state index < -0.39 is 0 Å². The topological polar surface area (TPSA) is 43.1 Å². The molecule has 3 heteroatoms. The van der Waals surface area contributed by atoms with Crippen molar-refractivity contribution in [2.45, 2.75) is 13.8 Å². The number of allylic oxidation sites excluding steroid dienone is 3. The third kappa shape index (κ3) is 1.78. The number of halogens is 1. The van der Waals surface area contributed by atoms with Crippen LogP contribution in [0.2, 0.25) is 0 Å². The molecule has 0 saturated heterocycles. The summed E-state index contributed by atoms with van der Waals surface area (Å²) in [4.78, 5) is 10.9. The lowest BCUT2D eigenvalue weighted by Gasteiger charge is -2.18. The molecule has 1 unspecified atom stereocenters. The van der Waals surface area contributed by atoms with Crippen LogP contribution in [0.15, 0.2) is 21.7 Å². The Bertz CT molecular complexity index is 278. The van der Waals surface area contributed by atoms with Crippen molar-refractivity contribution in [3.05, 3.63) is 28.1 Å². The van der Waals surface area contributed by atoms with Crippen LogP contribution in [0.1, 0.15) is 13.8 Å². The van der Waals surface area contributed by atoms with Crippen molar-refractivity contribution in [2.24, 2.45) is 11.7 Å². The predicted molar refractivity (Wildman–Crippen MR) is 52.4 cm³/mol. The zero-order chi connectivity index (χ0) is 9.30. The van der Waals surface area contributed by atoms with Crippen molar-refractivity contribution in [1.29, 1.82) is 0 Å². The first kappa shape index (κ1) is 9.52. The molecule has 2 nitrogen and oxygen atoms in total. The van der Waals surface area contributed by atoms with E-state index in [4.69, 9.17) is 5.73 Å². The lowest BCUT2D eigenvalue weighted by molar-refractivity contribution is -0.119. The highest BCUT2D eigenvalue weighted by atomic mass is 79.9. The summed E-state index contributed by atoms with van der Waals surface area (Å²) < 4.78 is 0.964. The number of carbonyl (C=O) groups is 1. The molecular weight excluding hydrogens is 218 g/mol. The molecule has 0 aromatic carbocycles. The van der Waals surface area contributed by atoms with Crippen LogP contribution in [0.25, 0.3) is 0 Å². The van der Waals surface area contributed by atoms with Crippen molar-refractivity contribution in [3.63, 3.8) is 0 Å². The SMILES string of the molecule is CC1=C(C)C(Br)=CC(C(N)=O)[CH]1. The Hall–Kier alpha value is -0.570. The van der Waals surface area contributed by atoms with Crippen molar-refractivity contribution < 1.29 is 4.79 Å². The molecule has 1 radical (unpaired) electrons. The highest BCUT2D eigenvalue weighted by Gasteiger charge is 2.20. The summed E-state index contributed by atoms with van der Waals surface area (Å²) in [5.41, 5.74) is 7.44. The Kier molecular flexibility index (Phi) is 2.73. The van der Waals surface area contributed by atoms with Gasteiger partial charge < -0.3 is 5.73 Å². The Morgan fingerprint density at radius 2 is 2.17 bits per heavy atom. The van der Waals surface area contributed by atoms with Crippen molar-refractivity contribution in [3.8, 4) is 0 Å². The fourth-order valence-electron chi connectivity index (χ4n) is 1.08. The molecule has 65 valence electrons. The Morgan fingerprint density at radius 1 is 1.58 bits per heavy atom.